The fraction of sp³-hybridized carbons (Fsp3) is 0.286. The summed E-state index contributed by atoms with van der Waals surface area (Å²) in [5, 5.41) is 0.529. The van der Waals surface area contributed by atoms with E-state index in [2.05, 4.69) is 48.1 Å². The van der Waals surface area contributed by atoms with E-state index in [1.807, 2.05) is 11.9 Å². The lowest BCUT2D eigenvalue weighted by Gasteiger charge is -2.21. The zero-order valence-corrected chi connectivity index (χ0v) is 11.6. The van der Waals surface area contributed by atoms with Crippen LogP contribution in [0.2, 0.25) is 5.15 Å². The number of rotatable bonds is 3. The first-order chi connectivity index (χ1) is 8.63. The van der Waals surface area contributed by atoms with Crippen LogP contribution in [-0.4, -0.2) is 17.0 Å². The summed E-state index contributed by atoms with van der Waals surface area (Å²) in [5.41, 5.74) is 3.30. The smallest absolute Gasteiger partial charge is 0.140 e. The van der Waals surface area contributed by atoms with Crippen molar-refractivity contribution < 1.29 is 0 Å². The third-order valence-electron chi connectivity index (χ3n) is 2.96. The molecule has 0 spiro atoms. The molecule has 4 heteroatoms. The molecule has 0 amide bonds. The Hall–Kier alpha value is -1.61. The van der Waals surface area contributed by atoms with Gasteiger partial charge in [0.15, 0.2) is 0 Å². The molecular weight excluding hydrogens is 246 g/mol. The Kier molecular flexibility index (Phi) is 3.82. The fourth-order valence-electron chi connectivity index (χ4n) is 1.87. The van der Waals surface area contributed by atoms with Gasteiger partial charge in [-0.1, -0.05) is 36.2 Å². The molecule has 18 heavy (non-hydrogen) atoms. The fourth-order valence-corrected chi connectivity index (χ4v) is 2.13. The summed E-state index contributed by atoms with van der Waals surface area (Å²) in [5.74, 6) is 0.862. The lowest BCUT2D eigenvalue weighted by atomic mass is 10.2. The normalized spacial score (nSPS) is 10.4. The molecule has 3 nitrogen and oxygen atoms in total. The van der Waals surface area contributed by atoms with Gasteiger partial charge in [0, 0.05) is 18.3 Å². The summed E-state index contributed by atoms with van der Waals surface area (Å²) in [6.45, 7) is 4.12. The van der Waals surface area contributed by atoms with Crippen molar-refractivity contribution in [2.45, 2.75) is 20.3 Å². The largest absolute Gasteiger partial charge is 0.329 e. The minimum absolute atomic E-state index is 0.529. The predicted molar refractivity (Wildman–Crippen MR) is 75.7 cm³/mol. The van der Waals surface area contributed by atoms with Crippen molar-refractivity contribution in [2.24, 2.45) is 0 Å². The molecule has 0 fully saturated rings. The van der Waals surface area contributed by atoms with E-state index in [9.17, 15) is 0 Å². The molecular formula is C14H16ClN3. The van der Waals surface area contributed by atoms with E-state index >= 15 is 0 Å². The van der Waals surface area contributed by atoms with E-state index in [-0.39, 0.29) is 0 Å². The van der Waals surface area contributed by atoms with Gasteiger partial charge in [0.1, 0.15) is 17.3 Å². The molecule has 0 aliphatic heterocycles. The van der Waals surface area contributed by atoms with E-state index in [4.69, 9.17) is 11.6 Å². The van der Waals surface area contributed by atoms with E-state index in [0.717, 1.165) is 23.5 Å². The monoisotopic (exact) mass is 261 g/mol. The summed E-state index contributed by atoms with van der Waals surface area (Å²) >= 11 is 6.11. The first-order valence-electron chi connectivity index (χ1n) is 5.93. The van der Waals surface area contributed by atoms with Crippen molar-refractivity contribution in [3.05, 3.63) is 46.9 Å². The number of hydrogen-bond donors (Lipinski definition) is 0. The molecule has 1 aromatic carbocycles. The number of hydrogen-bond acceptors (Lipinski definition) is 3. The van der Waals surface area contributed by atoms with Gasteiger partial charge in [0.05, 0.1) is 0 Å². The average molecular weight is 262 g/mol. The second-order valence-electron chi connectivity index (χ2n) is 4.21. The molecule has 0 saturated heterocycles. The molecule has 0 atom stereocenters. The Morgan fingerprint density at radius 1 is 1.17 bits per heavy atom. The molecule has 1 aromatic heterocycles. The van der Waals surface area contributed by atoms with Crippen LogP contribution in [0.1, 0.15) is 18.1 Å². The van der Waals surface area contributed by atoms with Crippen molar-refractivity contribution in [3.8, 4) is 0 Å². The Morgan fingerprint density at radius 2 is 1.83 bits per heavy atom. The highest BCUT2D eigenvalue weighted by Gasteiger charge is 2.13. The number of benzene rings is 1. The first kappa shape index (κ1) is 12.8. The van der Waals surface area contributed by atoms with Gasteiger partial charge in [0.2, 0.25) is 0 Å². The second kappa shape index (κ2) is 5.36. The predicted octanol–water partition coefficient (Wildman–Crippen LogP) is 3.77. The number of halogens is 1. The van der Waals surface area contributed by atoms with Crippen LogP contribution in [0.5, 0.6) is 0 Å². The van der Waals surface area contributed by atoms with Gasteiger partial charge in [-0.3, -0.25) is 0 Å². The van der Waals surface area contributed by atoms with E-state index in [1.165, 1.54) is 11.9 Å². The quantitative estimate of drug-likeness (QED) is 0.788. The second-order valence-corrected chi connectivity index (χ2v) is 4.57. The lowest BCUT2D eigenvalue weighted by Crippen LogP contribution is -2.14. The summed E-state index contributed by atoms with van der Waals surface area (Å²) in [6, 6.07) is 8.32. The summed E-state index contributed by atoms with van der Waals surface area (Å²) in [7, 11) is 1.99. The Balaban J connectivity index is 2.42. The van der Waals surface area contributed by atoms with Gasteiger partial charge in [-0.05, 0) is 25.5 Å². The van der Waals surface area contributed by atoms with E-state index < -0.39 is 0 Å². The van der Waals surface area contributed by atoms with Crippen LogP contribution in [0.3, 0.4) is 0 Å². The Bertz CT molecular complexity index is 537. The number of aryl methyl sites for hydroxylation is 1. The van der Waals surface area contributed by atoms with Crippen LogP contribution in [-0.2, 0) is 6.42 Å². The molecule has 2 aromatic rings. The van der Waals surface area contributed by atoms with Crippen LogP contribution in [0, 0.1) is 6.92 Å². The van der Waals surface area contributed by atoms with Gasteiger partial charge in [-0.2, -0.15) is 0 Å². The highest BCUT2D eigenvalue weighted by atomic mass is 35.5. The number of aromatic nitrogens is 2. The van der Waals surface area contributed by atoms with Crippen LogP contribution in [0.15, 0.2) is 30.6 Å². The molecule has 2 rings (SSSR count). The van der Waals surface area contributed by atoms with Gasteiger partial charge in [-0.25, -0.2) is 9.97 Å². The Morgan fingerprint density at radius 3 is 2.44 bits per heavy atom. The van der Waals surface area contributed by atoms with Gasteiger partial charge >= 0.3 is 0 Å². The third-order valence-corrected chi connectivity index (χ3v) is 3.29. The minimum Gasteiger partial charge on any atom is -0.329 e. The van der Waals surface area contributed by atoms with Gasteiger partial charge < -0.3 is 4.90 Å². The van der Waals surface area contributed by atoms with Crippen LogP contribution in [0.4, 0.5) is 11.5 Å². The zero-order valence-electron chi connectivity index (χ0n) is 10.8. The van der Waals surface area contributed by atoms with E-state index in [1.54, 1.807) is 0 Å². The molecule has 0 saturated carbocycles. The minimum atomic E-state index is 0.529. The highest BCUT2D eigenvalue weighted by molar-refractivity contribution is 6.30. The molecule has 0 N–H and O–H groups in total. The SMILES string of the molecule is CCc1c(Cl)ncnc1N(C)c1ccc(C)cc1. The Labute approximate surface area is 112 Å². The highest BCUT2D eigenvalue weighted by Crippen LogP contribution is 2.28. The third kappa shape index (κ3) is 2.46. The van der Waals surface area contributed by atoms with Crippen molar-refractivity contribution >= 4 is 23.1 Å². The lowest BCUT2D eigenvalue weighted by molar-refractivity contribution is 0.999. The molecule has 0 aliphatic carbocycles. The standard InChI is InChI=1S/C14H16ClN3/c1-4-12-13(15)16-9-17-14(12)18(3)11-7-5-10(2)6-8-11/h5-9H,4H2,1-3H3. The average Bonchev–Trinajstić information content (AvgIpc) is 2.38. The zero-order chi connectivity index (χ0) is 13.1. The van der Waals surface area contributed by atoms with Crippen molar-refractivity contribution in [1.29, 1.82) is 0 Å². The number of anilines is 2. The molecule has 0 aliphatic rings. The molecule has 1 heterocycles. The maximum Gasteiger partial charge on any atom is 0.140 e. The molecule has 0 bridgehead atoms. The summed E-state index contributed by atoms with van der Waals surface area (Å²) < 4.78 is 0. The topological polar surface area (TPSA) is 29.0 Å². The molecule has 94 valence electrons. The van der Waals surface area contributed by atoms with Crippen molar-refractivity contribution in [3.63, 3.8) is 0 Å². The van der Waals surface area contributed by atoms with Crippen LogP contribution >= 0.6 is 11.6 Å². The van der Waals surface area contributed by atoms with Crippen LogP contribution in [0.25, 0.3) is 0 Å². The molecule has 0 radical (unpaired) electrons. The number of nitrogens with zero attached hydrogens (tertiary/aromatic N) is 3. The van der Waals surface area contributed by atoms with Gasteiger partial charge in [-0.15, -0.1) is 0 Å². The summed E-state index contributed by atoms with van der Waals surface area (Å²) in [4.78, 5) is 10.4. The van der Waals surface area contributed by atoms with Crippen molar-refractivity contribution in [1.82, 2.24) is 9.97 Å². The maximum atomic E-state index is 6.11. The van der Waals surface area contributed by atoms with Crippen LogP contribution < -0.4 is 4.90 Å². The van der Waals surface area contributed by atoms with E-state index in [0.29, 0.717) is 5.15 Å². The molecule has 0 unspecified atom stereocenters. The summed E-state index contributed by atoms with van der Waals surface area (Å²) in [6.07, 6.45) is 2.31. The maximum absolute atomic E-state index is 6.11. The van der Waals surface area contributed by atoms with Crippen molar-refractivity contribution in [2.75, 3.05) is 11.9 Å². The first-order valence-corrected chi connectivity index (χ1v) is 6.31. The van der Waals surface area contributed by atoms with Gasteiger partial charge in [0.25, 0.3) is 0 Å².